The zero-order chi connectivity index (χ0) is 16.3. The Hall–Kier alpha value is -2.44. The van der Waals surface area contributed by atoms with Gasteiger partial charge in [-0.25, -0.2) is 0 Å². The first-order chi connectivity index (χ1) is 10.3. The van der Waals surface area contributed by atoms with Gasteiger partial charge in [-0.3, -0.25) is 0 Å². The summed E-state index contributed by atoms with van der Waals surface area (Å²) in [5.74, 6) is 0.537. The lowest BCUT2D eigenvalue weighted by Gasteiger charge is -2.17. The molecule has 0 amide bonds. The second kappa shape index (κ2) is 6.13. The van der Waals surface area contributed by atoms with Crippen LogP contribution in [0, 0.1) is 0 Å². The molecular weight excluding hydrogens is 297 g/mol. The molecule has 0 bridgehead atoms. The van der Waals surface area contributed by atoms with Crippen LogP contribution < -0.4 is 14.4 Å². The minimum Gasteiger partial charge on any atom is -0.481 e. The maximum atomic E-state index is 12.7. The van der Waals surface area contributed by atoms with Gasteiger partial charge in [0.1, 0.15) is 11.4 Å². The fraction of sp³-hybridized carbons (Fsp3) is 0.267. The molecule has 0 fully saturated rings. The van der Waals surface area contributed by atoms with E-state index in [0.717, 1.165) is 12.1 Å². The lowest BCUT2D eigenvalue weighted by Crippen LogP contribution is -2.11. The summed E-state index contributed by atoms with van der Waals surface area (Å²) in [6, 6.07) is 8.01. The number of alkyl halides is 3. The maximum Gasteiger partial charge on any atom is 0.416 e. The van der Waals surface area contributed by atoms with Crippen LogP contribution in [-0.2, 0) is 6.18 Å². The van der Waals surface area contributed by atoms with Crippen molar-refractivity contribution in [2.24, 2.45) is 0 Å². The molecular formula is C15H15F3N2O2. The Labute approximate surface area is 126 Å². The highest BCUT2D eigenvalue weighted by Gasteiger charge is 2.30. The molecule has 1 aromatic carbocycles. The molecule has 0 unspecified atom stereocenters. The van der Waals surface area contributed by atoms with E-state index in [9.17, 15) is 13.2 Å². The molecule has 0 aliphatic rings. The van der Waals surface area contributed by atoms with Crippen LogP contribution in [0.5, 0.6) is 17.5 Å². The van der Waals surface area contributed by atoms with E-state index in [1.54, 1.807) is 31.1 Å². The number of methoxy groups -OCH3 is 1. The molecule has 1 heterocycles. The summed E-state index contributed by atoms with van der Waals surface area (Å²) in [7, 11) is 5.01. The van der Waals surface area contributed by atoms with Gasteiger partial charge in [0, 0.05) is 20.2 Å². The van der Waals surface area contributed by atoms with E-state index in [1.807, 2.05) is 0 Å². The Morgan fingerprint density at radius 3 is 2.41 bits per heavy atom. The number of anilines is 1. The van der Waals surface area contributed by atoms with E-state index in [2.05, 4.69) is 4.98 Å². The average molecular weight is 312 g/mol. The molecule has 22 heavy (non-hydrogen) atoms. The molecule has 0 atom stereocenters. The minimum absolute atomic E-state index is 0.0543. The number of nitrogens with zero attached hydrogens (tertiary/aromatic N) is 2. The molecule has 0 saturated heterocycles. The highest BCUT2D eigenvalue weighted by Crippen LogP contribution is 2.35. The second-order valence-corrected chi connectivity index (χ2v) is 4.70. The van der Waals surface area contributed by atoms with E-state index >= 15 is 0 Å². The molecule has 118 valence electrons. The summed E-state index contributed by atoms with van der Waals surface area (Å²) in [4.78, 5) is 5.88. The van der Waals surface area contributed by atoms with Crippen LogP contribution in [0.1, 0.15) is 5.56 Å². The number of pyridine rings is 1. The van der Waals surface area contributed by atoms with Crippen molar-refractivity contribution in [1.29, 1.82) is 0 Å². The van der Waals surface area contributed by atoms with Gasteiger partial charge in [-0.15, -0.1) is 0 Å². The minimum atomic E-state index is -4.43. The first kappa shape index (κ1) is 15.9. The second-order valence-electron chi connectivity index (χ2n) is 4.70. The summed E-state index contributed by atoms with van der Waals surface area (Å²) in [5, 5.41) is 0. The van der Waals surface area contributed by atoms with Crippen molar-refractivity contribution in [2.75, 3.05) is 26.1 Å². The molecule has 0 spiro atoms. The summed E-state index contributed by atoms with van der Waals surface area (Å²) in [6.45, 7) is 0. The number of hydrogen-bond donors (Lipinski definition) is 0. The van der Waals surface area contributed by atoms with Gasteiger partial charge in [0.05, 0.1) is 12.7 Å². The number of benzene rings is 1. The lowest BCUT2D eigenvalue weighted by molar-refractivity contribution is -0.137. The molecule has 7 heteroatoms. The predicted octanol–water partition coefficient (Wildman–Crippen LogP) is 3.97. The van der Waals surface area contributed by atoms with Crippen molar-refractivity contribution >= 4 is 5.69 Å². The van der Waals surface area contributed by atoms with Crippen LogP contribution in [0.25, 0.3) is 0 Å². The van der Waals surface area contributed by atoms with Crippen molar-refractivity contribution in [3.05, 3.63) is 42.0 Å². The smallest absolute Gasteiger partial charge is 0.416 e. The first-order valence-corrected chi connectivity index (χ1v) is 6.38. The van der Waals surface area contributed by atoms with Crippen LogP contribution in [-0.4, -0.2) is 26.2 Å². The van der Waals surface area contributed by atoms with E-state index in [-0.39, 0.29) is 11.6 Å². The van der Waals surface area contributed by atoms with Crippen molar-refractivity contribution in [1.82, 2.24) is 4.98 Å². The van der Waals surface area contributed by atoms with Crippen molar-refractivity contribution < 1.29 is 22.6 Å². The van der Waals surface area contributed by atoms with Crippen molar-refractivity contribution in [3.63, 3.8) is 0 Å². The normalized spacial score (nSPS) is 11.2. The van der Waals surface area contributed by atoms with E-state index in [1.165, 1.54) is 19.2 Å². The Balaban J connectivity index is 2.38. The van der Waals surface area contributed by atoms with Crippen LogP contribution >= 0.6 is 0 Å². The molecule has 0 aliphatic carbocycles. The van der Waals surface area contributed by atoms with E-state index in [0.29, 0.717) is 11.6 Å². The number of aromatic nitrogens is 1. The SMILES string of the molecule is COc1ccc(N(C)C)c(Oc2cccc(C(F)(F)F)c2)n1. The van der Waals surface area contributed by atoms with Crippen LogP contribution in [0.4, 0.5) is 18.9 Å². The van der Waals surface area contributed by atoms with Crippen LogP contribution in [0.3, 0.4) is 0 Å². The van der Waals surface area contributed by atoms with E-state index < -0.39 is 11.7 Å². The largest absolute Gasteiger partial charge is 0.481 e. The summed E-state index contributed by atoms with van der Waals surface area (Å²) < 4.78 is 48.7. The Morgan fingerprint density at radius 1 is 1.09 bits per heavy atom. The quantitative estimate of drug-likeness (QED) is 0.855. The Bertz CT molecular complexity index is 657. The zero-order valence-corrected chi connectivity index (χ0v) is 12.3. The number of halogens is 3. The summed E-state index contributed by atoms with van der Waals surface area (Å²) >= 11 is 0. The Kier molecular flexibility index (Phi) is 4.44. The van der Waals surface area contributed by atoms with Gasteiger partial charge in [-0.05, 0) is 24.3 Å². The Morgan fingerprint density at radius 2 is 1.82 bits per heavy atom. The third-order valence-electron chi connectivity index (χ3n) is 2.88. The number of hydrogen-bond acceptors (Lipinski definition) is 4. The highest BCUT2D eigenvalue weighted by molar-refractivity contribution is 5.56. The van der Waals surface area contributed by atoms with Gasteiger partial charge in [0.2, 0.25) is 11.8 Å². The number of ether oxygens (including phenoxy) is 2. The van der Waals surface area contributed by atoms with Gasteiger partial charge in [0.25, 0.3) is 0 Å². The molecule has 0 radical (unpaired) electrons. The standard InChI is InChI=1S/C15H15F3N2O2/c1-20(2)12-7-8-13(21-3)19-14(12)22-11-6-4-5-10(9-11)15(16,17)18/h4-9H,1-3H3. The van der Waals surface area contributed by atoms with E-state index in [4.69, 9.17) is 9.47 Å². The molecule has 0 aliphatic heterocycles. The lowest BCUT2D eigenvalue weighted by atomic mass is 10.2. The molecule has 4 nitrogen and oxygen atoms in total. The summed E-state index contributed by atoms with van der Waals surface area (Å²) in [6.07, 6.45) is -4.43. The monoisotopic (exact) mass is 312 g/mol. The molecule has 0 N–H and O–H groups in total. The van der Waals surface area contributed by atoms with Gasteiger partial charge in [0.15, 0.2) is 0 Å². The topological polar surface area (TPSA) is 34.6 Å². The van der Waals surface area contributed by atoms with Gasteiger partial charge in [-0.1, -0.05) is 6.07 Å². The average Bonchev–Trinajstić information content (AvgIpc) is 2.46. The predicted molar refractivity (Wildman–Crippen MR) is 76.6 cm³/mol. The third-order valence-corrected chi connectivity index (χ3v) is 2.88. The van der Waals surface area contributed by atoms with Gasteiger partial charge in [-0.2, -0.15) is 18.2 Å². The summed E-state index contributed by atoms with van der Waals surface area (Å²) in [5.41, 5.74) is -0.155. The van der Waals surface area contributed by atoms with Crippen LogP contribution in [0.2, 0.25) is 0 Å². The third kappa shape index (κ3) is 3.60. The number of rotatable bonds is 4. The van der Waals surface area contributed by atoms with Crippen LogP contribution in [0.15, 0.2) is 36.4 Å². The highest BCUT2D eigenvalue weighted by atomic mass is 19.4. The molecule has 1 aromatic heterocycles. The van der Waals surface area contributed by atoms with Gasteiger partial charge < -0.3 is 14.4 Å². The maximum absolute atomic E-state index is 12.7. The molecule has 0 saturated carbocycles. The van der Waals surface area contributed by atoms with Crippen molar-refractivity contribution in [3.8, 4) is 17.5 Å². The first-order valence-electron chi connectivity index (χ1n) is 6.38. The molecule has 2 rings (SSSR count). The zero-order valence-electron chi connectivity index (χ0n) is 12.3. The molecule has 2 aromatic rings. The fourth-order valence-corrected chi connectivity index (χ4v) is 1.79. The van der Waals surface area contributed by atoms with Crippen molar-refractivity contribution in [2.45, 2.75) is 6.18 Å². The van der Waals surface area contributed by atoms with Gasteiger partial charge >= 0.3 is 6.18 Å². The fourth-order valence-electron chi connectivity index (χ4n) is 1.79.